The Labute approximate surface area is 806 Å². The van der Waals surface area contributed by atoms with E-state index in [0.29, 0.717) is 0 Å². The molecule has 0 saturated heterocycles. The molecule has 20 aromatic carbocycles. The molecule has 5 nitrogen and oxygen atoms in total. The van der Waals surface area contributed by atoms with Crippen LogP contribution in [0.3, 0.4) is 0 Å². The van der Waals surface area contributed by atoms with Crippen LogP contribution in [0.2, 0.25) is 0 Å². The third-order valence-electron chi connectivity index (χ3n) is 29.7. The topological polar surface area (TPSA) is 21.3 Å². The summed E-state index contributed by atoms with van der Waals surface area (Å²) in [6, 6.07) is 170. The van der Waals surface area contributed by atoms with Crippen LogP contribution in [0, 0.1) is 0 Å². The Bertz CT molecular complexity index is 8450. The number of nitrogens with zero attached hydrogens (tertiary/aromatic N) is 5. The summed E-state index contributed by atoms with van der Waals surface area (Å²) in [5.74, 6) is 0. The van der Waals surface area contributed by atoms with Crippen LogP contribution in [0.5, 0.6) is 0 Å². The first-order valence-corrected chi connectivity index (χ1v) is 48.6. The molecule has 3 aliphatic rings. The SMILES string of the molecule is CC(C)(C)c1cc(-c2ccccc2)c2c(c1)-c1cccc(c1)-c1ccc3c(c1)c1cc(ccc1n3-c1ccccc1)-c1cccc(c1)-c1cc(C(C)(C)C)cc(-c3ccccc3)c1N1c3cc(-n4c5ccccc5c5cc(-c6cccc(-c7ccccc7)c6)ccc54)ccc3B3c4ccc(-n5c6ccccc6c6cc(-c7cccc(-c8ccccc8)c7)ccc65)cc4N2c2cc(C(C)(C)C)cc1c23. The number of fused-ring (bicyclic) bond motifs is 26. The van der Waals surface area contributed by atoms with Crippen molar-refractivity contribution in [2.75, 3.05) is 9.80 Å². The van der Waals surface area contributed by atoms with Gasteiger partial charge in [-0.15, -0.1) is 0 Å². The Balaban J connectivity index is 0.815. The molecule has 0 unspecified atom stereocenters. The average molecular weight is 1770 g/mol. The maximum atomic E-state index is 2.78. The summed E-state index contributed by atoms with van der Waals surface area (Å²) in [6.07, 6.45) is 0. The van der Waals surface area contributed by atoms with E-state index < -0.39 is 5.41 Å². The number of para-hydroxylation sites is 3. The van der Waals surface area contributed by atoms with Gasteiger partial charge < -0.3 is 23.5 Å². The number of anilines is 6. The lowest BCUT2D eigenvalue weighted by Gasteiger charge is -2.47. The molecule has 0 spiro atoms. The first-order chi connectivity index (χ1) is 67.3. The predicted octanol–water partition coefficient (Wildman–Crippen LogP) is 33.9. The van der Waals surface area contributed by atoms with Gasteiger partial charge in [0.05, 0.1) is 44.5 Å². The Morgan fingerprint density at radius 2 is 0.435 bits per heavy atom. The van der Waals surface area contributed by atoms with Crippen LogP contribution in [0.15, 0.2) is 443 Å². The molecular formula is C132H100BN5. The number of hydrogen-bond acceptors (Lipinski definition) is 2. The molecule has 0 atom stereocenters. The van der Waals surface area contributed by atoms with Gasteiger partial charge in [-0.3, -0.25) is 0 Å². The van der Waals surface area contributed by atoms with E-state index in [4.69, 9.17) is 0 Å². The van der Waals surface area contributed by atoms with Gasteiger partial charge in [0.2, 0.25) is 0 Å². The lowest BCUT2D eigenvalue weighted by Crippen LogP contribution is -2.61. The Morgan fingerprint density at radius 1 is 0.174 bits per heavy atom. The van der Waals surface area contributed by atoms with Crippen molar-refractivity contribution in [2.45, 2.75) is 78.6 Å². The summed E-state index contributed by atoms with van der Waals surface area (Å²) >= 11 is 0. The van der Waals surface area contributed by atoms with Crippen molar-refractivity contribution in [2.24, 2.45) is 0 Å². The zero-order valence-corrected chi connectivity index (χ0v) is 79.0. The highest BCUT2D eigenvalue weighted by molar-refractivity contribution is 7.00. The van der Waals surface area contributed by atoms with Gasteiger partial charge in [0.25, 0.3) is 6.71 Å². The second-order valence-corrected chi connectivity index (χ2v) is 41.2. The predicted molar refractivity (Wildman–Crippen MR) is 587 cm³/mol. The van der Waals surface area contributed by atoms with Crippen molar-refractivity contribution in [3.05, 3.63) is 460 Å². The van der Waals surface area contributed by atoms with E-state index in [9.17, 15) is 0 Å². The van der Waals surface area contributed by atoms with Crippen LogP contribution >= 0.6 is 0 Å². The molecule has 0 fully saturated rings. The molecule has 6 heterocycles. The molecular weight excluding hydrogens is 1670 g/mol. The normalized spacial score (nSPS) is 12.8. The smallest absolute Gasteiger partial charge is 0.252 e. The summed E-state index contributed by atoms with van der Waals surface area (Å²) in [4.78, 5) is 5.56. The fraction of sp³-hybridized carbons (Fsp3) is 0.0909. The van der Waals surface area contributed by atoms with Crippen LogP contribution in [-0.2, 0) is 16.2 Å². The summed E-state index contributed by atoms with van der Waals surface area (Å²) < 4.78 is 7.57. The quantitative estimate of drug-likeness (QED) is 0.134. The minimum atomic E-state index is -0.418. The highest BCUT2D eigenvalue weighted by Crippen LogP contribution is 2.57. The third kappa shape index (κ3) is 13.4. The van der Waals surface area contributed by atoms with Crippen molar-refractivity contribution in [1.82, 2.24) is 13.7 Å². The van der Waals surface area contributed by atoms with Crippen LogP contribution in [0.4, 0.5) is 34.1 Å². The summed E-state index contributed by atoms with van der Waals surface area (Å²) in [6.45, 7) is 21.3. The van der Waals surface area contributed by atoms with Gasteiger partial charge in [-0.1, -0.05) is 347 Å². The van der Waals surface area contributed by atoms with Crippen molar-refractivity contribution in [1.29, 1.82) is 0 Å². The van der Waals surface area contributed by atoms with E-state index in [1.165, 1.54) is 110 Å². The minimum absolute atomic E-state index is 0.296. The van der Waals surface area contributed by atoms with Crippen LogP contribution < -0.4 is 26.2 Å². The van der Waals surface area contributed by atoms with E-state index in [1.807, 2.05) is 0 Å². The van der Waals surface area contributed by atoms with E-state index in [1.54, 1.807) is 0 Å². The summed E-state index contributed by atoms with van der Waals surface area (Å²) in [5, 5.41) is 7.14. The molecule has 0 aliphatic carbocycles. The van der Waals surface area contributed by atoms with Gasteiger partial charge in [-0.05, 0) is 296 Å². The van der Waals surface area contributed by atoms with Crippen molar-refractivity contribution >= 4 is 123 Å². The Kier molecular flexibility index (Phi) is 18.8. The average Bonchev–Trinajstić information content (AvgIpc) is 0.802. The van der Waals surface area contributed by atoms with Crippen LogP contribution in [0.1, 0.15) is 79.0 Å². The first kappa shape index (κ1) is 82.2. The van der Waals surface area contributed by atoms with Gasteiger partial charge in [0, 0.05) is 94.4 Å². The highest BCUT2D eigenvalue weighted by atomic mass is 15.2. The summed E-state index contributed by atoms with van der Waals surface area (Å²) in [5.41, 5.74) is 46.1. The summed E-state index contributed by atoms with van der Waals surface area (Å²) in [7, 11) is 0. The fourth-order valence-electron chi connectivity index (χ4n) is 22.7. The monoisotopic (exact) mass is 1770 g/mol. The number of benzene rings is 20. The molecule has 23 aromatic rings. The van der Waals surface area contributed by atoms with Gasteiger partial charge in [0.15, 0.2) is 0 Å². The third-order valence-corrected chi connectivity index (χ3v) is 29.7. The largest absolute Gasteiger partial charge is 0.310 e. The molecule has 3 aliphatic heterocycles. The second-order valence-electron chi connectivity index (χ2n) is 41.2. The molecule has 0 radical (unpaired) electrons. The molecule has 0 saturated carbocycles. The van der Waals surface area contributed by atoms with Gasteiger partial charge >= 0.3 is 0 Å². The van der Waals surface area contributed by atoms with Crippen molar-refractivity contribution in [3.8, 4) is 128 Å². The molecule has 138 heavy (non-hydrogen) atoms. The molecule has 3 aromatic heterocycles. The van der Waals surface area contributed by atoms with Crippen molar-refractivity contribution in [3.63, 3.8) is 0 Å². The minimum Gasteiger partial charge on any atom is -0.310 e. The van der Waals surface area contributed by atoms with Crippen LogP contribution in [0.25, 0.3) is 194 Å². The van der Waals surface area contributed by atoms with E-state index >= 15 is 0 Å². The number of rotatable bonds is 9. The second kappa shape index (κ2) is 31.5. The standard InChI is InChI=1S/C132H100BN5/c1-130(2,3)99-75-107(85-37-19-12-20-38-85)128-109(77-99)97-47-31-45-91(69-97)95-57-65-121-113(73-95)114-74-96(58-66-122(114)134(121)102-49-23-14-24-50-102)92-46-32-48-98(70-92)110-78-100(131(4,5)6)76-108(86-39-21-13-22-40-86)129(110)138-124-82-104(136-118-54-28-26-52-106(118)112-72-94(56-64-120(112)136)90-44-30-42-88(68-90)84-35-17-11-18-36-84)60-62-116(124)133-115-61-59-103(81-123(115)137(128)125-79-101(132(7,8)9)80-126(138)127(125)133)135-117-53-27-25-51-105(117)111-71-93(55-63-119(111)135)89-43-29-41-87(67-89)83-33-15-10-16-34-83/h10-82H,1-9H3. The zero-order valence-electron chi connectivity index (χ0n) is 79.0. The molecule has 26 rings (SSSR count). The highest BCUT2D eigenvalue weighted by Gasteiger charge is 2.47. The Hall–Kier alpha value is -16.5. The number of aromatic nitrogens is 3. The van der Waals surface area contributed by atoms with Gasteiger partial charge in [-0.25, -0.2) is 0 Å². The molecule has 13 bridgehead atoms. The first-order valence-electron chi connectivity index (χ1n) is 48.6. The number of hydrogen-bond donors (Lipinski definition) is 0. The van der Waals surface area contributed by atoms with Gasteiger partial charge in [-0.2, -0.15) is 0 Å². The fourth-order valence-corrected chi connectivity index (χ4v) is 22.7. The molecule has 656 valence electrons. The van der Waals surface area contributed by atoms with Crippen molar-refractivity contribution < 1.29 is 0 Å². The molecule has 6 heteroatoms. The van der Waals surface area contributed by atoms with E-state index in [0.717, 1.165) is 151 Å². The van der Waals surface area contributed by atoms with E-state index in [2.05, 4.69) is 529 Å². The van der Waals surface area contributed by atoms with Gasteiger partial charge in [0.1, 0.15) is 0 Å². The maximum Gasteiger partial charge on any atom is 0.252 e. The van der Waals surface area contributed by atoms with E-state index in [-0.39, 0.29) is 17.5 Å². The van der Waals surface area contributed by atoms with Crippen LogP contribution in [-0.4, -0.2) is 20.4 Å². The maximum absolute atomic E-state index is 2.78. The molecule has 0 N–H and O–H groups in total. The lowest BCUT2D eigenvalue weighted by molar-refractivity contribution is 0.590. The lowest BCUT2D eigenvalue weighted by atomic mass is 9.33. The Morgan fingerprint density at radius 3 is 0.790 bits per heavy atom. The molecule has 0 amide bonds. The zero-order chi connectivity index (χ0) is 92.7.